The SMILES string of the molecule is Cc1ccc(NCC(O)COCC(O)COCC2CO2)cc1. The van der Waals surface area contributed by atoms with E-state index in [-0.39, 0.29) is 25.9 Å². The van der Waals surface area contributed by atoms with Crippen LogP contribution in [0.15, 0.2) is 24.3 Å². The molecule has 1 aliphatic rings. The first-order chi connectivity index (χ1) is 10.6. The van der Waals surface area contributed by atoms with Crippen molar-refractivity contribution in [3.63, 3.8) is 0 Å². The Morgan fingerprint density at radius 1 is 1.14 bits per heavy atom. The average molecular weight is 311 g/mol. The number of aryl methyl sites for hydroxylation is 1. The molecule has 3 N–H and O–H groups in total. The molecular weight excluding hydrogens is 286 g/mol. The largest absolute Gasteiger partial charge is 0.389 e. The minimum absolute atomic E-state index is 0.146. The number of rotatable bonds is 11. The number of hydrogen-bond acceptors (Lipinski definition) is 6. The molecule has 124 valence electrons. The van der Waals surface area contributed by atoms with Crippen molar-refractivity contribution in [1.29, 1.82) is 0 Å². The molecule has 1 fully saturated rings. The van der Waals surface area contributed by atoms with Crippen LogP contribution in [-0.2, 0) is 14.2 Å². The van der Waals surface area contributed by atoms with E-state index in [1.165, 1.54) is 5.56 Å². The van der Waals surface area contributed by atoms with E-state index < -0.39 is 12.2 Å². The van der Waals surface area contributed by atoms with E-state index >= 15 is 0 Å². The van der Waals surface area contributed by atoms with Crippen molar-refractivity contribution in [2.75, 3.05) is 44.9 Å². The molecule has 1 heterocycles. The highest BCUT2D eigenvalue weighted by atomic mass is 16.6. The summed E-state index contributed by atoms with van der Waals surface area (Å²) >= 11 is 0. The Hall–Kier alpha value is -1.18. The van der Waals surface area contributed by atoms with Gasteiger partial charge in [-0.15, -0.1) is 0 Å². The van der Waals surface area contributed by atoms with Crippen LogP contribution in [0.25, 0.3) is 0 Å². The topological polar surface area (TPSA) is 83.5 Å². The summed E-state index contributed by atoms with van der Waals surface area (Å²) in [6.07, 6.45) is -1.12. The van der Waals surface area contributed by atoms with E-state index in [1.807, 2.05) is 31.2 Å². The van der Waals surface area contributed by atoms with Crippen molar-refractivity contribution in [2.45, 2.75) is 25.2 Å². The first-order valence-corrected chi connectivity index (χ1v) is 7.57. The summed E-state index contributed by atoms with van der Waals surface area (Å²) in [5.74, 6) is 0. The number of ether oxygens (including phenoxy) is 3. The van der Waals surface area contributed by atoms with Gasteiger partial charge in [0.05, 0.1) is 39.1 Å². The molecular formula is C16H25NO5. The maximum atomic E-state index is 9.82. The van der Waals surface area contributed by atoms with Crippen molar-refractivity contribution in [2.24, 2.45) is 0 Å². The smallest absolute Gasteiger partial charge is 0.104 e. The number of aliphatic hydroxyl groups is 2. The van der Waals surface area contributed by atoms with Crippen molar-refractivity contribution in [3.8, 4) is 0 Å². The average Bonchev–Trinajstić information content (AvgIpc) is 3.31. The fraction of sp³-hybridized carbons (Fsp3) is 0.625. The molecule has 0 amide bonds. The Bertz CT molecular complexity index is 421. The van der Waals surface area contributed by atoms with Crippen LogP contribution in [0.3, 0.4) is 0 Å². The molecule has 6 nitrogen and oxygen atoms in total. The Balaban J connectivity index is 1.49. The molecule has 1 aromatic carbocycles. The minimum Gasteiger partial charge on any atom is -0.389 e. The summed E-state index contributed by atoms with van der Waals surface area (Å²) in [4.78, 5) is 0. The summed E-state index contributed by atoms with van der Waals surface area (Å²) in [5, 5.41) is 22.6. The highest BCUT2D eigenvalue weighted by molar-refractivity contribution is 5.44. The van der Waals surface area contributed by atoms with Gasteiger partial charge in [-0.2, -0.15) is 0 Å². The highest BCUT2D eigenvalue weighted by Gasteiger charge is 2.22. The Morgan fingerprint density at radius 2 is 1.77 bits per heavy atom. The maximum Gasteiger partial charge on any atom is 0.104 e. The number of hydrogen-bond donors (Lipinski definition) is 3. The lowest BCUT2D eigenvalue weighted by Crippen LogP contribution is -2.29. The van der Waals surface area contributed by atoms with Gasteiger partial charge in [-0.25, -0.2) is 0 Å². The second kappa shape index (κ2) is 9.07. The van der Waals surface area contributed by atoms with Gasteiger partial charge in [0, 0.05) is 12.2 Å². The molecule has 0 bridgehead atoms. The molecule has 1 aromatic rings. The third-order valence-electron chi connectivity index (χ3n) is 3.23. The van der Waals surface area contributed by atoms with Gasteiger partial charge in [0.1, 0.15) is 12.2 Å². The molecule has 3 atom stereocenters. The lowest BCUT2D eigenvalue weighted by atomic mass is 10.2. The van der Waals surface area contributed by atoms with E-state index in [1.54, 1.807) is 0 Å². The lowest BCUT2D eigenvalue weighted by Gasteiger charge is -2.15. The summed E-state index contributed by atoms with van der Waals surface area (Å²) in [6, 6.07) is 7.95. The van der Waals surface area contributed by atoms with Crippen LogP contribution in [-0.4, -0.2) is 68.1 Å². The van der Waals surface area contributed by atoms with E-state index in [0.717, 1.165) is 12.3 Å². The maximum absolute atomic E-state index is 9.82. The summed E-state index contributed by atoms with van der Waals surface area (Å²) in [7, 11) is 0. The van der Waals surface area contributed by atoms with Gasteiger partial charge in [0.25, 0.3) is 0 Å². The Kier molecular flexibility index (Phi) is 7.08. The van der Waals surface area contributed by atoms with Gasteiger partial charge >= 0.3 is 0 Å². The monoisotopic (exact) mass is 311 g/mol. The minimum atomic E-state index is -0.684. The Labute approximate surface area is 131 Å². The predicted molar refractivity (Wildman–Crippen MR) is 83.1 cm³/mol. The third-order valence-corrected chi connectivity index (χ3v) is 3.23. The van der Waals surface area contributed by atoms with E-state index in [2.05, 4.69) is 5.32 Å². The van der Waals surface area contributed by atoms with Crippen molar-refractivity contribution in [3.05, 3.63) is 29.8 Å². The fourth-order valence-electron chi connectivity index (χ4n) is 1.85. The highest BCUT2D eigenvalue weighted by Crippen LogP contribution is 2.09. The van der Waals surface area contributed by atoms with Gasteiger partial charge in [-0.3, -0.25) is 0 Å². The van der Waals surface area contributed by atoms with Crippen LogP contribution in [0.5, 0.6) is 0 Å². The van der Waals surface area contributed by atoms with Crippen LogP contribution < -0.4 is 5.32 Å². The van der Waals surface area contributed by atoms with Gasteiger partial charge in [-0.1, -0.05) is 17.7 Å². The standard InChI is InChI=1S/C16H25NO5/c1-12-2-4-13(5-3-12)17-6-14(18)7-20-8-15(19)9-21-10-16-11-22-16/h2-5,14-19H,6-11H2,1H3. The number of aliphatic hydroxyl groups excluding tert-OH is 2. The van der Waals surface area contributed by atoms with Crippen molar-refractivity contribution in [1.82, 2.24) is 0 Å². The van der Waals surface area contributed by atoms with E-state index in [4.69, 9.17) is 14.2 Å². The van der Waals surface area contributed by atoms with E-state index in [0.29, 0.717) is 13.2 Å². The number of benzene rings is 1. The molecule has 0 aliphatic carbocycles. The molecule has 0 saturated carbocycles. The van der Waals surface area contributed by atoms with Gasteiger partial charge in [-0.05, 0) is 19.1 Å². The molecule has 22 heavy (non-hydrogen) atoms. The van der Waals surface area contributed by atoms with Crippen LogP contribution in [0.2, 0.25) is 0 Å². The fourth-order valence-corrected chi connectivity index (χ4v) is 1.85. The van der Waals surface area contributed by atoms with Gasteiger partial charge in [0.2, 0.25) is 0 Å². The summed E-state index contributed by atoms with van der Waals surface area (Å²) in [6.45, 7) is 4.22. The second-order valence-electron chi connectivity index (χ2n) is 5.58. The molecule has 6 heteroatoms. The zero-order valence-electron chi connectivity index (χ0n) is 12.9. The zero-order valence-corrected chi connectivity index (χ0v) is 12.9. The Morgan fingerprint density at radius 3 is 2.45 bits per heavy atom. The van der Waals surface area contributed by atoms with E-state index in [9.17, 15) is 10.2 Å². The van der Waals surface area contributed by atoms with Crippen molar-refractivity contribution < 1.29 is 24.4 Å². The third kappa shape index (κ3) is 7.20. The quantitative estimate of drug-likeness (QED) is 0.518. The first-order valence-electron chi connectivity index (χ1n) is 7.57. The number of nitrogens with one attached hydrogen (secondary N) is 1. The van der Waals surface area contributed by atoms with Crippen LogP contribution in [0, 0.1) is 6.92 Å². The molecule has 1 aliphatic heterocycles. The van der Waals surface area contributed by atoms with Crippen LogP contribution in [0.4, 0.5) is 5.69 Å². The lowest BCUT2D eigenvalue weighted by molar-refractivity contribution is -0.0388. The number of epoxide rings is 1. The molecule has 1 saturated heterocycles. The summed E-state index contributed by atoms with van der Waals surface area (Å²) in [5.41, 5.74) is 2.15. The van der Waals surface area contributed by atoms with Gasteiger partial charge in [0.15, 0.2) is 0 Å². The zero-order chi connectivity index (χ0) is 15.8. The number of anilines is 1. The normalized spacial score (nSPS) is 19.7. The van der Waals surface area contributed by atoms with Crippen LogP contribution in [0.1, 0.15) is 5.56 Å². The second-order valence-corrected chi connectivity index (χ2v) is 5.58. The summed E-state index contributed by atoms with van der Waals surface area (Å²) < 4.78 is 15.5. The van der Waals surface area contributed by atoms with Crippen molar-refractivity contribution >= 4 is 5.69 Å². The molecule has 0 aromatic heterocycles. The molecule has 3 unspecified atom stereocenters. The predicted octanol–water partition coefficient (Wildman–Crippen LogP) is 0.561. The first kappa shape index (κ1) is 17.2. The molecule has 2 rings (SSSR count). The van der Waals surface area contributed by atoms with Gasteiger partial charge < -0.3 is 29.7 Å². The molecule has 0 radical (unpaired) electrons. The molecule has 0 spiro atoms. The van der Waals surface area contributed by atoms with Crippen LogP contribution >= 0.6 is 0 Å².